The van der Waals surface area contributed by atoms with Gasteiger partial charge in [0, 0.05) is 17.3 Å². The minimum Gasteiger partial charge on any atom is -0.351 e. The molecule has 0 atom stereocenters. The third-order valence-corrected chi connectivity index (χ3v) is 4.36. The third kappa shape index (κ3) is 2.77. The van der Waals surface area contributed by atoms with Crippen molar-refractivity contribution in [2.45, 2.75) is 26.2 Å². The summed E-state index contributed by atoms with van der Waals surface area (Å²) in [5, 5.41) is 3.01. The zero-order chi connectivity index (χ0) is 11.6. The summed E-state index contributed by atoms with van der Waals surface area (Å²) < 4.78 is 0. The number of alkyl halides is 1. The number of rotatable bonds is 5. The van der Waals surface area contributed by atoms with E-state index in [1.165, 1.54) is 17.7 Å². The number of halogens is 1. The number of carbonyl (C=O) groups is 1. The van der Waals surface area contributed by atoms with Crippen molar-refractivity contribution in [2.24, 2.45) is 5.41 Å². The van der Waals surface area contributed by atoms with E-state index in [4.69, 9.17) is 11.6 Å². The maximum atomic E-state index is 11.8. The van der Waals surface area contributed by atoms with E-state index >= 15 is 0 Å². The summed E-state index contributed by atoms with van der Waals surface area (Å²) in [6.07, 6.45) is 3.41. The summed E-state index contributed by atoms with van der Waals surface area (Å²) in [6, 6.07) is 3.86. The van der Waals surface area contributed by atoms with E-state index in [1.807, 2.05) is 19.1 Å². The van der Waals surface area contributed by atoms with Crippen LogP contribution in [0.3, 0.4) is 0 Å². The van der Waals surface area contributed by atoms with Crippen LogP contribution in [-0.2, 0) is 0 Å². The Hall–Kier alpha value is -0.540. The van der Waals surface area contributed by atoms with Crippen LogP contribution in [-0.4, -0.2) is 18.3 Å². The Morgan fingerprint density at radius 3 is 2.81 bits per heavy atom. The fourth-order valence-corrected chi connectivity index (χ4v) is 2.99. The van der Waals surface area contributed by atoms with Crippen LogP contribution >= 0.6 is 22.9 Å². The highest BCUT2D eigenvalue weighted by atomic mass is 35.5. The largest absolute Gasteiger partial charge is 0.351 e. The average molecular weight is 258 g/mol. The van der Waals surface area contributed by atoms with Gasteiger partial charge in [0.25, 0.3) is 5.91 Å². The highest BCUT2D eigenvalue weighted by Crippen LogP contribution is 2.48. The summed E-state index contributed by atoms with van der Waals surface area (Å²) >= 11 is 7.29. The van der Waals surface area contributed by atoms with E-state index in [0.717, 1.165) is 17.8 Å². The van der Waals surface area contributed by atoms with Gasteiger partial charge in [0.2, 0.25) is 0 Å². The minimum absolute atomic E-state index is 0.0546. The van der Waals surface area contributed by atoms with Crippen LogP contribution in [0.4, 0.5) is 0 Å². The van der Waals surface area contributed by atoms with E-state index in [0.29, 0.717) is 11.3 Å². The van der Waals surface area contributed by atoms with Crippen molar-refractivity contribution >= 4 is 28.8 Å². The fraction of sp³-hybridized carbons (Fsp3) is 0.583. The van der Waals surface area contributed by atoms with Crippen molar-refractivity contribution in [3.05, 3.63) is 21.9 Å². The molecule has 88 valence electrons. The Morgan fingerprint density at radius 2 is 2.31 bits per heavy atom. The molecule has 0 aliphatic heterocycles. The molecular weight excluding hydrogens is 242 g/mol. The molecule has 0 saturated heterocycles. The monoisotopic (exact) mass is 257 g/mol. The van der Waals surface area contributed by atoms with Crippen molar-refractivity contribution in [3.8, 4) is 0 Å². The normalized spacial score (nSPS) is 17.1. The highest BCUT2D eigenvalue weighted by molar-refractivity contribution is 7.13. The van der Waals surface area contributed by atoms with Gasteiger partial charge in [-0.2, -0.15) is 0 Å². The number of hydrogen-bond donors (Lipinski definition) is 1. The molecule has 0 unspecified atom stereocenters. The molecule has 16 heavy (non-hydrogen) atoms. The Morgan fingerprint density at radius 1 is 1.56 bits per heavy atom. The van der Waals surface area contributed by atoms with Gasteiger partial charge < -0.3 is 5.32 Å². The van der Waals surface area contributed by atoms with E-state index < -0.39 is 0 Å². The first-order chi connectivity index (χ1) is 7.65. The molecule has 0 spiro atoms. The molecule has 2 rings (SSSR count). The second-order valence-electron chi connectivity index (χ2n) is 4.53. The van der Waals surface area contributed by atoms with E-state index in [2.05, 4.69) is 5.32 Å². The summed E-state index contributed by atoms with van der Waals surface area (Å²) in [5.74, 6) is 0.743. The second kappa shape index (κ2) is 4.76. The van der Waals surface area contributed by atoms with Gasteiger partial charge in [-0.3, -0.25) is 4.79 Å². The van der Waals surface area contributed by atoms with E-state index in [1.54, 1.807) is 11.3 Å². The van der Waals surface area contributed by atoms with Crippen molar-refractivity contribution in [3.63, 3.8) is 0 Å². The number of hydrogen-bond acceptors (Lipinski definition) is 2. The lowest BCUT2D eigenvalue weighted by molar-refractivity contribution is 0.0948. The number of amides is 1. The van der Waals surface area contributed by atoms with Crippen LogP contribution in [0.1, 0.15) is 33.8 Å². The van der Waals surface area contributed by atoms with Crippen LogP contribution in [0, 0.1) is 12.3 Å². The molecule has 1 heterocycles. The van der Waals surface area contributed by atoms with Crippen LogP contribution in [0.5, 0.6) is 0 Å². The van der Waals surface area contributed by atoms with Crippen LogP contribution in [0.25, 0.3) is 0 Å². The fourth-order valence-electron chi connectivity index (χ4n) is 1.80. The highest BCUT2D eigenvalue weighted by Gasteiger charge is 2.41. The molecule has 1 aliphatic carbocycles. The summed E-state index contributed by atoms with van der Waals surface area (Å²) in [4.78, 5) is 13.8. The molecule has 1 fully saturated rings. The number of carbonyl (C=O) groups excluding carboxylic acids is 1. The minimum atomic E-state index is 0.0546. The second-order valence-corrected chi connectivity index (χ2v) is 6.20. The van der Waals surface area contributed by atoms with Gasteiger partial charge in [0.1, 0.15) is 0 Å². The van der Waals surface area contributed by atoms with Gasteiger partial charge >= 0.3 is 0 Å². The van der Waals surface area contributed by atoms with Gasteiger partial charge in [0.05, 0.1) is 4.88 Å². The smallest absolute Gasteiger partial charge is 0.261 e. The van der Waals surface area contributed by atoms with Gasteiger partial charge in [-0.05, 0) is 43.7 Å². The number of aryl methyl sites for hydroxylation is 1. The van der Waals surface area contributed by atoms with Crippen molar-refractivity contribution in [1.82, 2.24) is 5.32 Å². The molecular formula is C12H16ClNOS. The lowest BCUT2D eigenvalue weighted by Crippen LogP contribution is -2.29. The molecule has 0 bridgehead atoms. The standard InChI is InChI=1S/C12H16ClNOS/c1-9-2-3-10(16-9)11(15)14-8-12(4-5-12)6-7-13/h2-3H,4-8H2,1H3,(H,14,15). The zero-order valence-corrected chi connectivity index (χ0v) is 11.0. The molecule has 1 aromatic heterocycles. The first kappa shape index (κ1) is 11.9. The van der Waals surface area contributed by atoms with E-state index in [9.17, 15) is 4.79 Å². The molecule has 1 N–H and O–H groups in total. The SMILES string of the molecule is Cc1ccc(C(=O)NCC2(CCCl)CC2)s1. The Bertz CT molecular complexity index is 384. The van der Waals surface area contributed by atoms with Gasteiger partial charge in [-0.25, -0.2) is 0 Å². The first-order valence-electron chi connectivity index (χ1n) is 5.56. The van der Waals surface area contributed by atoms with Gasteiger partial charge in [0.15, 0.2) is 0 Å². The first-order valence-corrected chi connectivity index (χ1v) is 6.91. The average Bonchev–Trinajstić information content (AvgIpc) is 2.89. The predicted molar refractivity (Wildman–Crippen MR) is 68.4 cm³/mol. The zero-order valence-electron chi connectivity index (χ0n) is 9.38. The Balaban J connectivity index is 1.84. The number of nitrogens with one attached hydrogen (secondary N) is 1. The predicted octanol–water partition coefficient (Wildman–Crippen LogP) is 3.20. The summed E-state index contributed by atoms with van der Waals surface area (Å²) in [6.45, 7) is 2.78. The van der Waals surface area contributed by atoms with Gasteiger partial charge in [-0.1, -0.05) is 0 Å². The summed E-state index contributed by atoms with van der Waals surface area (Å²) in [5.41, 5.74) is 0.309. The maximum absolute atomic E-state index is 11.8. The lowest BCUT2D eigenvalue weighted by atomic mass is 10.0. The van der Waals surface area contributed by atoms with Crippen LogP contribution < -0.4 is 5.32 Å². The third-order valence-electron chi connectivity index (χ3n) is 3.17. The topological polar surface area (TPSA) is 29.1 Å². The van der Waals surface area contributed by atoms with Crippen molar-refractivity contribution < 1.29 is 4.79 Å². The van der Waals surface area contributed by atoms with E-state index in [-0.39, 0.29) is 5.91 Å². The lowest BCUT2D eigenvalue weighted by Gasteiger charge is -2.13. The molecule has 1 saturated carbocycles. The molecule has 0 aromatic carbocycles. The van der Waals surface area contributed by atoms with Crippen LogP contribution in [0.15, 0.2) is 12.1 Å². The summed E-state index contributed by atoms with van der Waals surface area (Å²) in [7, 11) is 0. The maximum Gasteiger partial charge on any atom is 0.261 e. The van der Waals surface area contributed by atoms with Crippen LogP contribution in [0.2, 0.25) is 0 Å². The molecule has 2 nitrogen and oxygen atoms in total. The molecule has 1 aliphatic rings. The molecule has 1 amide bonds. The Labute approximate surface area is 105 Å². The number of thiophene rings is 1. The Kier molecular flexibility index (Phi) is 3.55. The molecule has 1 aromatic rings. The van der Waals surface area contributed by atoms with Crippen molar-refractivity contribution in [1.29, 1.82) is 0 Å². The molecule has 0 radical (unpaired) electrons. The molecule has 4 heteroatoms. The quantitative estimate of drug-likeness (QED) is 0.807. The van der Waals surface area contributed by atoms with Gasteiger partial charge in [-0.15, -0.1) is 22.9 Å². The van der Waals surface area contributed by atoms with Crippen molar-refractivity contribution in [2.75, 3.05) is 12.4 Å².